The largest absolute Gasteiger partial charge is 0.494 e. The number of nitrogens with zero attached hydrogens (tertiary/aromatic N) is 1. The normalized spacial score (nSPS) is 25.3. The van der Waals surface area contributed by atoms with E-state index >= 15 is 0 Å². The minimum absolute atomic E-state index is 0.225. The third kappa shape index (κ3) is 3.24. The van der Waals surface area contributed by atoms with E-state index in [1.54, 1.807) is 0 Å². The molecule has 0 unspecified atom stereocenters. The average molecular weight is 329 g/mol. The molecule has 0 saturated carbocycles. The van der Waals surface area contributed by atoms with E-state index in [4.69, 9.17) is 9.31 Å². The van der Waals surface area contributed by atoms with E-state index in [0.717, 1.165) is 30.4 Å². The van der Waals surface area contributed by atoms with E-state index < -0.39 is 0 Å². The highest BCUT2D eigenvalue weighted by Crippen LogP contribution is 2.36. The summed E-state index contributed by atoms with van der Waals surface area (Å²) in [4.78, 5) is 14.4. The molecule has 2 fully saturated rings. The first-order chi connectivity index (χ1) is 11.2. The van der Waals surface area contributed by atoms with Crippen LogP contribution >= 0.6 is 0 Å². The molecular weight excluding hydrogens is 301 g/mol. The third-order valence-corrected chi connectivity index (χ3v) is 5.73. The summed E-state index contributed by atoms with van der Waals surface area (Å²) in [5.41, 5.74) is 1.37. The van der Waals surface area contributed by atoms with Gasteiger partial charge in [-0.3, -0.25) is 4.79 Å². The van der Waals surface area contributed by atoms with Gasteiger partial charge in [0.1, 0.15) is 0 Å². The van der Waals surface area contributed by atoms with Crippen molar-refractivity contribution < 1.29 is 14.1 Å². The highest BCUT2D eigenvalue weighted by atomic mass is 16.7. The summed E-state index contributed by atoms with van der Waals surface area (Å²) in [7, 11) is -0.349. The van der Waals surface area contributed by atoms with Gasteiger partial charge < -0.3 is 14.2 Å². The van der Waals surface area contributed by atoms with Crippen molar-refractivity contribution in [1.29, 1.82) is 0 Å². The van der Waals surface area contributed by atoms with Crippen LogP contribution in [0.25, 0.3) is 0 Å². The third-order valence-electron chi connectivity index (χ3n) is 5.73. The van der Waals surface area contributed by atoms with Gasteiger partial charge in [-0.05, 0) is 58.5 Å². The van der Waals surface area contributed by atoms with Crippen LogP contribution in [-0.4, -0.2) is 41.7 Å². The molecule has 2 heterocycles. The lowest BCUT2D eigenvalue weighted by atomic mass is 9.79. The number of benzene rings is 1. The Morgan fingerprint density at radius 2 is 1.75 bits per heavy atom. The van der Waals surface area contributed by atoms with Gasteiger partial charge in [0.15, 0.2) is 0 Å². The van der Waals surface area contributed by atoms with E-state index in [1.807, 2.05) is 29.2 Å². The summed E-state index contributed by atoms with van der Waals surface area (Å²) in [6.45, 7) is 11.2. The van der Waals surface area contributed by atoms with Crippen LogP contribution in [0.4, 0.5) is 0 Å². The van der Waals surface area contributed by atoms with E-state index in [0.29, 0.717) is 12.5 Å². The molecule has 2 aliphatic rings. The Morgan fingerprint density at radius 3 is 2.25 bits per heavy atom. The van der Waals surface area contributed by atoms with Crippen LogP contribution in [0.2, 0.25) is 0 Å². The zero-order valence-electron chi connectivity index (χ0n) is 15.5. The molecule has 0 spiro atoms. The number of hydrogen-bond donors (Lipinski definition) is 0. The first kappa shape index (κ1) is 17.5. The maximum atomic E-state index is 12.4. The monoisotopic (exact) mass is 329 g/mol. The van der Waals surface area contributed by atoms with Gasteiger partial charge in [0.05, 0.1) is 17.6 Å². The molecule has 1 atom stereocenters. The molecule has 130 valence electrons. The summed E-state index contributed by atoms with van der Waals surface area (Å²) < 4.78 is 12.1. The second-order valence-corrected chi connectivity index (χ2v) is 8.08. The molecule has 1 aromatic rings. The Morgan fingerprint density at radius 1 is 1.17 bits per heavy atom. The molecule has 3 rings (SSSR count). The van der Waals surface area contributed by atoms with Crippen molar-refractivity contribution in [3.8, 4) is 0 Å². The van der Waals surface area contributed by atoms with Crippen molar-refractivity contribution in [2.45, 2.75) is 71.1 Å². The van der Waals surface area contributed by atoms with E-state index in [9.17, 15) is 4.79 Å². The zero-order valence-corrected chi connectivity index (χ0v) is 15.5. The van der Waals surface area contributed by atoms with Gasteiger partial charge in [-0.15, -0.1) is 0 Å². The minimum Gasteiger partial charge on any atom is -0.399 e. The fourth-order valence-electron chi connectivity index (χ4n) is 3.35. The SMILES string of the molecule is C[C@H]1CCCN1C(=O)Cc1ccc(B2OC(C)(C)C(C)(C)O2)cc1. The Kier molecular flexibility index (Phi) is 4.52. The molecule has 1 aromatic carbocycles. The van der Waals surface area contributed by atoms with Gasteiger partial charge in [-0.1, -0.05) is 24.3 Å². The summed E-state index contributed by atoms with van der Waals surface area (Å²) in [5, 5.41) is 0. The van der Waals surface area contributed by atoms with Crippen LogP contribution in [0.15, 0.2) is 24.3 Å². The average Bonchev–Trinajstić information content (AvgIpc) is 3.01. The van der Waals surface area contributed by atoms with Gasteiger partial charge in [0.25, 0.3) is 0 Å². The molecule has 1 amide bonds. The predicted molar refractivity (Wildman–Crippen MR) is 96.3 cm³/mol. The molecule has 2 aliphatic heterocycles. The quantitative estimate of drug-likeness (QED) is 0.800. The standard InChI is InChI=1S/C19H28BNO3/c1-14-7-6-12-21(14)17(22)13-15-8-10-16(11-9-15)20-23-18(2,3)19(4,5)24-20/h8-11,14H,6-7,12-13H2,1-5H3/t14-/m0/s1. The van der Waals surface area contributed by atoms with Gasteiger partial charge in [0, 0.05) is 12.6 Å². The smallest absolute Gasteiger partial charge is 0.399 e. The second-order valence-electron chi connectivity index (χ2n) is 8.08. The van der Waals surface area contributed by atoms with Crippen molar-refractivity contribution in [2.75, 3.05) is 6.54 Å². The molecule has 0 aliphatic carbocycles. The first-order valence-electron chi connectivity index (χ1n) is 8.93. The molecule has 0 bridgehead atoms. The minimum atomic E-state index is -0.349. The number of rotatable bonds is 3. The van der Waals surface area contributed by atoms with E-state index in [2.05, 4.69) is 34.6 Å². The van der Waals surface area contributed by atoms with Crippen LogP contribution in [0.5, 0.6) is 0 Å². The number of amides is 1. The van der Waals surface area contributed by atoms with Crippen LogP contribution in [0.1, 0.15) is 53.0 Å². The van der Waals surface area contributed by atoms with Gasteiger partial charge in [-0.2, -0.15) is 0 Å². The van der Waals surface area contributed by atoms with Crippen molar-refractivity contribution in [1.82, 2.24) is 4.90 Å². The van der Waals surface area contributed by atoms with Gasteiger partial charge >= 0.3 is 7.12 Å². The highest BCUT2D eigenvalue weighted by Gasteiger charge is 2.51. The van der Waals surface area contributed by atoms with Crippen LogP contribution in [0.3, 0.4) is 0 Å². The van der Waals surface area contributed by atoms with Gasteiger partial charge in [-0.25, -0.2) is 0 Å². The summed E-state index contributed by atoms with van der Waals surface area (Å²) in [6, 6.07) is 8.43. The molecule has 4 nitrogen and oxygen atoms in total. The van der Waals surface area contributed by atoms with Crippen molar-refractivity contribution >= 4 is 18.5 Å². The summed E-state index contributed by atoms with van der Waals surface area (Å²) in [6.07, 6.45) is 2.70. The maximum Gasteiger partial charge on any atom is 0.494 e. The lowest BCUT2D eigenvalue weighted by molar-refractivity contribution is -0.130. The molecule has 5 heteroatoms. The summed E-state index contributed by atoms with van der Waals surface area (Å²) in [5.74, 6) is 0.225. The number of carbonyl (C=O) groups is 1. The predicted octanol–water partition coefficient (Wildman–Crippen LogP) is 2.54. The summed E-state index contributed by atoms with van der Waals surface area (Å²) >= 11 is 0. The van der Waals surface area contributed by atoms with Crippen LogP contribution < -0.4 is 5.46 Å². The number of carbonyl (C=O) groups excluding carboxylic acids is 1. The van der Waals surface area contributed by atoms with Crippen LogP contribution in [0, 0.1) is 0 Å². The molecular formula is C19H28BNO3. The molecule has 0 N–H and O–H groups in total. The van der Waals surface area contributed by atoms with E-state index in [-0.39, 0.29) is 24.2 Å². The Bertz CT molecular complexity index is 596. The highest BCUT2D eigenvalue weighted by molar-refractivity contribution is 6.62. The Balaban J connectivity index is 1.65. The zero-order chi connectivity index (χ0) is 17.5. The van der Waals surface area contributed by atoms with Crippen molar-refractivity contribution in [3.05, 3.63) is 29.8 Å². The first-order valence-corrected chi connectivity index (χ1v) is 8.93. The molecule has 0 radical (unpaired) electrons. The van der Waals surface area contributed by atoms with Crippen molar-refractivity contribution in [3.63, 3.8) is 0 Å². The Labute approximate surface area is 145 Å². The molecule has 2 saturated heterocycles. The van der Waals surface area contributed by atoms with E-state index in [1.165, 1.54) is 0 Å². The van der Waals surface area contributed by atoms with Crippen LogP contribution in [-0.2, 0) is 20.5 Å². The number of hydrogen-bond acceptors (Lipinski definition) is 3. The van der Waals surface area contributed by atoms with Crippen molar-refractivity contribution in [2.24, 2.45) is 0 Å². The molecule has 24 heavy (non-hydrogen) atoms. The Hall–Kier alpha value is -1.33. The lowest BCUT2D eigenvalue weighted by Crippen LogP contribution is -2.41. The second kappa shape index (κ2) is 6.19. The lowest BCUT2D eigenvalue weighted by Gasteiger charge is -2.32. The fraction of sp³-hybridized carbons (Fsp3) is 0.632. The van der Waals surface area contributed by atoms with Gasteiger partial charge in [0.2, 0.25) is 5.91 Å². The number of likely N-dealkylation sites (tertiary alicyclic amines) is 1. The topological polar surface area (TPSA) is 38.8 Å². The molecule has 0 aromatic heterocycles. The fourth-order valence-corrected chi connectivity index (χ4v) is 3.35. The maximum absolute atomic E-state index is 12.4.